The Morgan fingerprint density at radius 3 is 2.84 bits per heavy atom. The number of piperazine rings is 1. The molecule has 0 saturated carbocycles. The van der Waals surface area contributed by atoms with E-state index < -0.39 is 6.10 Å². The van der Waals surface area contributed by atoms with Crippen molar-refractivity contribution < 1.29 is 9.53 Å². The highest BCUT2D eigenvalue weighted by atomic mass is 16.5. The Hall–Kier alpha value is -2.44. The first-order valence-electron chi connectivity index (χ1n) is 8.73. The molecule has 1 aromatic heterocycles. The van der Waals surface area contributed by atoms with Crippen LogP contribution in [0, 0.1) is 0 Å². The Labute approximate surface area is 147 Å². The number of aromatic nitrogens is 1. The van der Waals surface area contributed by atoms with E-state index in [2.05, 4.69) is 26.6 Å². The maximum atomic E-state index is 12.6. The van der Waals surface area contributed by atoms with Crippen molar-refractivity contribution in [1.82, 2.24) is 10.3 Å². The Morgan fingerprint density at radius 1 is 1.20 bits per heavy atom. The van der Waals surface area contributed by atoms with Crippen LogP contribution >= 0.6 is 0 Å². The minimum absolute atomic E-state index is 0.172. The fourth-order valence-corrected chi connectivity index (χ4v) is 3.37. The van der Waals surface area contributed by atoms with Crippen molar-refractivity contribution in [3.8, 4) is 0 Å². The second kappa shape index (κ2) is 7.21. The number of anilines is 2. The topological polar surface area (TPSA) is 66.5 Å². The lowest BCUT2D eigenvalue weighted by Crippen LogP contribution is -2.43. The first kappa shape index (κ1) is 16.1. The van der Waals surface area contributed by atoms with Gasteiger partial charge in [0.1, 0.15) is 5.82 Å². The zero-order valence-corrected chi connectivity index (χ0v) is 14.1. The number of amides is 1. The van der Waals surface area contributed by atoms with E-state index in [0.717, 1.165) is 43.9 Å². The molecule has 0 spiro atoms. The van der Waals surface area contributed by atoms with Gasteiger partial charge in [0, 0.05) is 26.2 Å². The summed E-state index contributed by atoms with van der Waals surface area (Å²) < 4.78 is 5.70. The lowest BCUT2D eigenvalue weighted by molar-refractivity contribution is -0.128. The molecular formula is C19H22N4O2. The van der Waals surface area contributed by atoms with Crippen LogP contribution in [0.2, 0.25) is 0 Å². The summed E-state index contributed by atoms with van der Waals surface area (Å²) in [6, 6.07) is 11.8. The molecule has 6 nitrogen and oxygen atoms in total. The normalized spacial score (nSPS) is 20.0. The molecule has 2 aromatic rings. The maximum Gasteiger partial charge on any atom is 0.259 e. The van der Waals surface area contributed by atoms with Crippen molar-refractivity contribution in [2.45, 2.75) is 12.5 Å². The van der Waals surface area contributed by atoms with Crippen LogP contribution < -0.4 is 15.5 Å². The Balaban J connectivity index is 1.44. The van der Waals surface area contributed by atoms with E-state index in [1.165, 1.54) is 5.56 Å². The summed E-state index contributed by atoms with van der Waals surface area (Å²) in [7, 11) is 0. The van der Waals surface area contributed by atoms with Gasteiger partial charge in [-0.05, 0) is 29.7 Å². The molecule has 1 atom stereocenters. The number of hydrogen-bond acceptors (Lipinski definition) is 5. The van der Waals surface area contributed by atoms with Gasteiger partial charge in [0.15, 0.2) is 6.10 Å². The molecule has 1 aromatic carbocycles. The lowest BCUT2D eigenvalue weighted by Gasteiger charge is -2.29. The molecule has 1 saturated heterocycles. The van der Waals surface area contributed by atoms with Crippen LogP contribution in [-0.4, -0.2) is 43.7 Å². The largest absolute Gasteiger partial charge is 0.368 e. The van der Waals surface area contributed by atoms with Gasteiger partial charge in [0.05, 0.1) is 18.5 Å². The molecular weight excluding hydrogens is 316 g/mol. The van der Waals surface area contributed by atoms with Crippen LogP contribution in [0.1, 0.15) is 17.2 Å². The third-order valence-corrected chi connectivity index (χ3v) is 4.71. The number of pyridine rings is 1. The predicted octanol–water partition coefficient (Wildman–Crippen LogP) is 1.74. The zero-order valence-electron chi connectivity index (χ0n) is 14.1. The highest BCUT2D eigenvalue weighted by Crippen LogP contribution is 2.28. The van der Waals surface area contributed by atoms with Gasteiger partial charge in [-0.15, -0.1) is 0 Å². The second-order valence-electron chi connectivity index (χ2n) is 6.33. The van der Waals surface area contributed by atoms with Gasteiger partial charge in [-0.2, -0.15) is 0 Å². The Bertz CT molecular complexity index is 741. The van der Waals surface area contributed by atoms with Gasteiger partial charge in [-0.3, -0.25) is 4.79 Å². The van der Waals surface area contributed by atoms with Crippen LogP contribution in [0.15, 0.2) is 42.6 Å². The Kier molecular flexibility index (Phi) is 4.63. The zero-order chi connectivity index (χ0) is 17.1. The molecule has 2 aliphatic rings. The van der Waals surface area contributed by atoms with Crippen molar-refractivity contribution in [2.24, 2.45) is 0 Å². The minimum Gasteiger partial charge on any atom is -0.368 e. The van der Waals surface area contributed by atoms with Gasteiger partial charge >= 0.3 is 0 Å². The lowest BCUT2D eigenvalue weighted by atomic mass is 9.97. The quantitative estimate of drug-likeness (QED) is 0.892. The molecule has 1 fully saturated rings. The van der Waals surface area contributed by atoms with E-state index in [9.17, 15) is 4.79 Å². The van der Waals surface area contributed by atoms with Crippen LogP contribution in [0.3, 0.4) is 0 Å². The molecule has 2 N–H and O–H groups in total. The van der Waals surface area contributed by atoms with E-state index >= 15 is 0 Å². The number of nitrogens with zero attached hydrogens (tertiary/aromatic N) is 2. The van der Waals surface area contributed by atoms with Gasteiger partial charge in [-0.25, -0.2) is 4.98 Å². The summed E-state index contributed by atoms with van der Waals surface area (Å²) in [6.45, 7) is 4.47. The molecule has 1 unspecified atom stereocenters. The number of fused-ring (bicyclic) bond motifs is 1. The first-order chi connectivity index (χ1) is 12.3. The fourth-order valence-electron chi connectivity index (χ4n) is 3.37. The Morgan fingerprint density at radius 2 is 2.04 bits per heavy atom. The molecule has 0 radical (unpaired) electrons. The molecule has 2 aliphatic heterocycles. The fraction of sp³-hybridized carbons (Fsp3) is 0.368. The molecule has 0 bridgehead atoms. The van der Waals surface area contributed by atoms with E-state index in [-0.39, 0.29) is 5.91 Å². The molecule has 1 amide bonds. The van der Waals surface area contributed by atoms with E-state index in [1.54, 1.807) is 0 Å². The maximum absolute atomic E-state index is 12.6. The monoisotopic (exact) mass is 338 g/mol. The minimum atomic E-state index is -0.570. The van der Waals surface area contributed by atoms with Crippen molar-refractivity contribution in [3.63, 3.8) is 0 Å². The number of rotatable bonds is 3. The summed E-state index contributed by atoms with van der Waals surface area (Å²) in [6.07, 6.45) is 2.09. The first-order valence-corrected chi connectivity index (χ1v) is 8.73. The average molecular weight is 338 g/mol. The summed E-state index contributed by atoms with van der Waals surface area (Å²) in [5.41, 5.74) is 3.21. The van der Waals surface area contributed by atoms with Gasteiger partial charge in [-0.1, -0.05) is 24.3 Å². The number of hydrogen-bond donors (Lipinski definition) is 2. The number of nitrogens with one attached hydrogen (secondary N) is 2. The predicted molar refractivity (Wildman–Crippen MR) is 96.8 cm³/mol. The number of carbonyl (C=O) groups is 1. The third kappa shape index (κ3) is 3.50. The van der Waals surface area contributed by atoms with Crippen LogP contribution in [0.25, 0.3) is 0 Å². The third-order valence-electron chi connectivity index (χ3n) is 4.71. The molecule has 3 heterocycles. The smallest absolute Gasteiger partial charge is 0.259 e. The van der Waals surface area contributed by atoms with Crippen LogP contribution in [0.4, 0.5) is 11.5 Å². The summed E-state index contributed by atoms with van der Waals surface area (Å²) in [5.74, 6) is 0.380. The molecule has 4 rings (SSSR count). The second-order valence-corrected chi connectivity index (χ2v) is 6.33. The van der Waals surface area contributed by atoms with Crippen molar-refractivity contribution in [1.29, 1.82) is 0 Å². The number of carbonyl (C=O) groups excluding carboxylic acids is 1. The summed E-state index contributed by atoms with van der Waals surface area (Å²) in [5, 5.41) is 6.21. The molecule has 130 valence electrons. The highest BCUT2D eigenvalue weighted by molar-refractivity contribution is 5.94. The van der Waals surface area contributed by atoms with Crippen molar-refractivity contribution >= 4 is 17.4 Å². The number of ether oxygens (including phenoxy) is 1. The molecule has 0 aliphatic carbocycles. The SMILES string of the molecule is O=C(Nc1ccc(N2CCNCC2)cn1)C1OCCc2ccccc21. The van der Waals surface area contributed by atoms with E-state index in [4.69, 9.17) is 4.74 Å². The van der Waals surface area contributed by atoms with E-state index in [0.29, 0.717) is 12.4 Å². The molecule has 25 heavy (non-hydrogen) atoms. The standard InChI is InChI=1S/C19H22N4O2/c24-19(18-16-4-2-1-3-14(16)7-12-25-18)22-17-6-5-15(13-21-17)23-10-8-20-9-11-23/h1-6,13,18,20H,7-12H2,(H,21,22,24). The highest BCUT2D eigenvalue weighted by Gasteiger charge is 2.27. The van der Waals surface area contributed by atoms with Crippen LogP contribution in [-0.2, 0) is 16.0 Å². The summed E-state index contributed by atoms with van der Waals surface area (Å²) in [4.78, 5) is 19.3. The van der Waals surface area contributed by atoms with Gasteiger partial charge in [0.25, 0.3) is 5.91 Å². The van der Waals surface area contributed by atoms with Gasteiger partial charge < -0.3 is 20.3 Å². The molecule has 6 heteroatoms. The summed E-state index contributed by atoms with van der Waals surface area (Å²) >= 11 is 0. The van der Waals surface area contributed by atoms with Crippen molar-refractivity contribution in [3.05, 3.63) is 53.7 Å². The van der Waals surface area contributed by atoms with Gasteiger partial charge in [0.2, 0.25) is 0 Å². The van der Waals surface area contributed by atoms with E-state index in [1.807, 2.05) is 36.5 Å². The van der Waals surface area contributed by atoms with Crippen molar-refractivity contribution in [2.75, 3.05) is 43.0 Å². The average Bonchev–Trinajstić information content (AvgIpc) is 2.69. The number of benzene rings is 1. The van der Waals surface area contributed by atoms with Crippen LogP contribution in [0.5, 0.6) is 0 Å².